The molecule has 1 amide bonds. The molecule has 0 saturated heterocycles. The Hall–Kier alpha value is -0.660. The van der Waals surface area contributed by atoms with Gasteiger partial charge in [-0.25, -0.2) is 13.1 Å². The number of amides is 1. The fraction of sp³-hybridized carbons (Fsp3) is 0.900. The fourth-order valence-electron chi connectivity index (χ4n) is 1.51. The van der Waals surface area contributed by atoms with E-state index in [9.17, 15) is 13.2 Å². The van der Waals surface area contributed by atoms with Crippen LogP contribution in [0.15, 0.2) is 0 Å². The van der Waals surface area contributed by atoms with Gasteiger partial charge in [0, 0.05) is 6.54 Å². The van der Waals surface area contributed by atoms with Gasteiger partial charge in [0.15, 0.2) is 0 Å². The number of carbonyl (C=O) groups excluding carboxylic acids is 1. The van der Waals surface area contributed by atoms with Crippen molar-refractivity contribution in [2.24, 2.45) is 5.73 Å². The first kappa shape index (κ1) is 16.3. The van der Waals surface area contributed by atoms with E-state index in [-0.39, 0.29) is 5.91 Å². The van der Waals surface area contributed by atoms with Crippen LogP contribution in [0.2, 0.25) is 0 Å². The predicted octanol–water partition coefficient (Wildman–Crippen LogP) is -0.442. The molecule has 0 saturated carbocycles. The van der Waals surface area contributed by atoms with E-state index in [4.69, 9.17) is 5.73 Å². The molecule has 1 unspecified atom stereocenters. The smallest absolute Gasteiger partial charge is 0.238 e. The van der Waals surface area contributed by atoms with Crippen molar-refractivity contribution in [2.45, 2.75) is 45.2 Å². The molecule has 0 spiro atoms. The molecule has 0 fully saturated rings. The van der Waals surface area contributed by atoms with E-state index in [2.05, 4.69) is 10.0 Å². The summed E-state index contributed by atoms with van der Waals surface area (Å²) >= 11 is 0. The van der Waals surface area contributed by atoms with E-state index in [1.807, 2.05) is 13.8 Å². The summed E-state index contributed by atoms with van der Waals surface area (Å²) in [4.78, 5) is 11.8. The van der Waals surface area contributed by atoms with Crippen LogP contribution in [0.1, 0.15) is 33.6 Å². The second-order valence-electron chi connectivity index (χ2n) is 4.29. The molecule has 6 nitrogen and oxygen atoms in total. The summed E-state index contributed by atoms with van der Waals surface area (Å²) in [5.41, 5.74) is 5.20. The lowest BCUT2D eigenvalue weighted by molar-refractivity contribution is -0.124. The highest BCUT2D eigenvalue weighted by Crippen LogP contribution is 2.13. The van der Waals surface area contributed by atoms with Crippen LogP contribution in [0.5, 0.6) is 0 Å². The SMILES string of the molecule is CCC(CC)(CN)NC(=O)C(C)NS(C)(=O)=O. The van der Waals surface area contributed by atoms with E-state index in [1.54, 1.807) is 0 Å². The second kappa shape index (κ2) is 6.32. The molecule has 17 heavy (non-hydrogen) atoms. The maximum Gasteiger partial charge on any atom is 0.238 e. The average molecular weight is 265 g/mol. The molecule has 0 bridgehead atoms. The van der Waals surface area contributed by atoms with E-state index in [1.165, 1.54) is 6.92 Å². The lowest BCUT2D eigenvalue weighted by Gasteiger charge is -2.32. The summed E-state index contributed by atoms with van der Waals surface area (Å²) in [6, 6.07) is -0.797. The summed E-state index contributed by atoms with van der Waals surface area (Å²) in [6.07, 6.45) is 2.43. The highest BCUT2D eigenvalue weighted by Gasteiger charge is 2.29. The predicted molar refractivity (Wildman–Crippen MR) is 68.0 cm³/mol. The summed E-state index contributed by atoms with van der Waals surface area (Å²) in [6.45, 7) is 5.71. The third-order valence-corrected chi connectivity index (χ3v) is 3.70. The number of rotatable bonds is 7. The van der Waals surface area contributed by atoms with Gasteiger partial charge >= 0.3 is 0 Å². The zero-order valence-electron chi connectivity index (χ0n) is 10.9. The molecule has 0 aromatic heterocycles. The Morgan fingerprint density at radius 1 is 1.35 bits per heavy atom. The van der Waals surface area contributed by atoms with Gasteiger partial charge in [-0.1, -0.05) is 13.8 Å². The monoisotopic (exact) mass is 265 g/mol. The largest absolute Gasteiger partial charge is 0.348 e. The molecule has 0 aromatic carbocycles. The van der Waals surface area contributed by atoms with Crippen molar-refractivity contribution in [2.75, 3.05) is 12.8 Å². The molecule has 0 aromatic rings. The van der Waals surface area contributed by atoms with Gasteiger partial charge in [0.25, 0.3) is 0 Å². The van der Waals surface area contributed by atoms with Crippen LogP contribution in [-0.4, -0.2) is 38.7 Å². The number of hydrogen-bond donors (Lipinski definition) is 3. The quantitative estimate of drug-likeness (QED) is 0.580. The molecule has 0 rings (SSSR count). The van der Waals surface area contributed by atoms with Crippen molar-refractivity contribution in [1.29, 1.82) is 0 Å². The molecule has 102 valence electrons. The maximum atomic E-state index is 11.8. The van der Waals surface area contributed by atoms with Crippen LogP contribution in [0, 0.1) is 0 Å². The van der Waals surface area contributed by atoms with Gasteiger partial charge in [0.2, 0.25) is 15.9 Å². The lowest BCUT2D eigenvalue weighted by Crippen LogP contribution is -2.57. The van der Waals surface area contributed by atoms with E-state index in [0.29, 0.717) is 19.4 Å². The van der Waals surface area contributed by atoms with Crippen molar-refractivity contribution >= 4 is 15.9 Å². The zero-order valence-corrected chi connectivity index (χ0v) is 11.7. The van der Waals surface area contributed by atoms with Gasteiger partial charge in [-0.2, -0.15) is 0 Å². The lowest BCUT2D eigenvalue weighted by atomic mass is 9.92. The summed E-state index contributed by atoms with van der Waals surface area (Å²) in [5, 5.41) is 2.81. The van der Waals surface area contributed by atoms with Gasteiger partial charge in [-0.05, 0) is 19.8 Å². The van der Waals surface area contributed by atoms with E-state index in [0.717, 1.165) is 6.26 Å². The van der Waals surface area contributed by atoms with Crippen LogP contribution in [-0.2, 0) is 14.8 Å². The van der Waals surface area contributed by atoms with Crippen molar-refractivity contribution in [3.8, 4) is 0 Å². The summed E-state index contributed by atoms with van der Waals surface area (Å²) in [5.74, 6) is -0.357. The minimum Gasteiger partial charge on any atom is -0.348 e. The third kappa shape index (κ3) is 5.47. The van der Waals surface area contributed by atoms with Gasteiger partial charge in [-0.3, -0.25) is 4.79 Å². The normalized spacial score (nSPS) is 14.4. The molecule has 7 heteroatoms. The number of hydrogen-bond acceptors (Lipinski definition) is 4. The van der Waals surface area contributed by atoms with Crippen molar-refractivity contribution in [1.82, 2.24) is 10.0 Å². The molecule has 1 atom stereocenters. The van der Waals surface area contributed by atoms with Gasteiger partial charge in [0.05, 0.1) is 17.8 Å². The molecule has 0 aliphatic heterocycles. The fourth-order valence-corrected chi connectivity index (χ4v) is 2.26. The minimum atomic E-state index is -3.39. The van der Waals surface area contributed by atoms with Crippen LogP contribution in [0.3, 0.4) is 0 Å². The Morgan fingerprint density at radius 3 is 2.12 bits per heavy atom. The topological polar surface area (TPSA) is 101 Å². The molecule has 4 N–H and O–H groups in total. The summed E-state index contributed by atoms with van der Waals surface area (Å²) < 4.78 is 24.2. The van der Waals surface area contributed by atoms with Gasteiger partial charge in [0.1, 0.15) is 0 Å². The van der Waals surface area contributed by atoms with Crippen molar-refractivity contribution < 1.29 is 13.2 Å². The highest BCUT2D eigenvalue weighted by molar-refractivity contribution is 7.88. The van der Waals surface area contributed by atoms with Crippen molar-refractivity contribution in [3.63, 3.8) is 0 Å². The molecule has 0 aliphatic rings. The van der Waals surface area contributed by atoms with Crippen LogP contribution >= 0.6 is 0 Å². The standard InChI is InChI=1S/C10H23N3O3S/c1-5-10(6-2,7-11)12-9(14)8(3)13-17(4,15)16/h8,13H,5-7,11H2,1-4H3,(H,12,14). The van der Waals surface area contributed by atoms with Crippen LogP contribution in [0.4, 0.5) is 0 Å². The van der Waals surface area contributed by atoms with E-state index >= 15 is 0 Å². The summed E-state index contributed by atoms with van der Waals surface area (Å²) in [7, 11) is -3.39. The third-order valence-electron chi connectivity index (χ3n) is 2.92. The Bertz CT molecular complexity index is 342. The Balaban J connectivity index is 4.62. The Morgan fingerprint density at radius 2 is 1.82 bits per heavy atom. The van der Waals surface area contributed by atoms with Crippen LogP contribution < -0.4 is 15.8 Å². The maximum absolute atomic E-state index is 11.8. The second-order valence-corrected chi connectivity index (χ2v) is 6.07. The Kier molecular flexibility index (Phi) is 6.08. The molecule has 0 aliphatic carbocycles. The zero-order chi connectivity index (χ0) is 13.7. The number of sulfonamides is 1. The van der Waals surface area contributed by atoms with Gasteiger partial charge in [-0.15, -0.1) is 0 Å². The van der Waals surface area contributed by atoms with Crippen molar-refractivity contribution in [3.05, 3.63) is 0 Å². The number of carbonyl (C=O) groups is 1. The molecular weight excluding hydrogens is 242 g/mol. The van der Waals surface area contributed by atoms with Crippen LogP contribution in [0.25, 0.3) is 0 Å². The first-order valence-corrected chi connectivity index (χ1v) is 7.58. The first-order chi connectivity index (χ1) is 7.69. The van der Waals surface area contributed by atoms with Gasteiger partial charge < -0.3 is 11.1 Å². The van der Waals surface area contributed by atoms with E-state index < -0.39 is 21.6 Å². The molecular formula is C10H23N3O3S. The molecule has 0 heterocycles. The molecule has 0 radical (unpaired) electrons. The average Bonchev–Trinajstić information content (AvgIpc) is 2.23. The number of nitrogens with one attached hydrogen (secondary N) is 2. The number of nitrogens with two attached hydrogens (primary N) is 1. The Labute approximate surface area is 103 Å². The first-order valence-electron chi connectivity index (χ1n) is 5.69. The highest BCUT2D eigenvalue weighted by atomic mass is 32.2. The minimum absolute atomic E-state index is 0.331.